The van der Waals surface area contributed by atoms with Crippen molar-refractivity contribution < 1.29 is 19.4 Å². The molecule has 1 amide bonds. The Morgan fingerprint density at radius 3 is 2.28 bits per heavy atom. The minimum Gasteiger partial charge on any atom is -0.507 e. The second-order valence-electron chi connectivity index (χ2n) is 9.34. The van der Waals surface area contributed by atoms with E-state index in [1.54, 1.807) is 60.7 Å². The van der Waals surface area contributed by atoms with Crippen molar-refractivity contribution in [3.63, 3.8) is 0 Å². The number of rotatable bonds is 6. The molecule has 3 aromatic carbocycles. The van der Waals surface area contributed by atoms with Crippen LogP contribution in [0.25, 0.3) is 5.76 Å². The first kappa shape index (κ1) is 25.8. The van der Waals surface area contributed by atoms with E-state index >= 15 is 0 Å². The van der Waals surface area contributed by atoms with Crippen LogP contribution in [0.1, 0.15) is 42.1 Å². The second kappa shape index (κ2) is 10.4. The molecule has 0 spiro atoms. The van der Waals surface area contributed by atoms with Gasteiger partial charge in [0.25, 0.3) is 11.7 Å². The monoisotopic (exact) mass is 523 g/mol. The topological polar surface area (TPSA) is 66.8 Å². The maximum Gasteiger partial charge on any atom is 0.300 e. The molecule has 1 N–H and O–H groups in total. The average Bonchev–Trinajstić information content (AvgIpc) is 3.10. The summed E-state index contributed by atoms with van der Waals surface area (Å²) < 4.78 is 5.84. The summed E-state index contributed by atoms with van der Waals surface area (Å²) in [5, 5.41) is 12.4. The zero-order chi connectivity index (χ0) is 26.1. The van der Waals surface area contributed by atoms with Gasteiger partial charge in [-0.2, -0.15) is 0 Å². The van der Waals surface area contributed by atoms with E-state index in [1.165, 1.54) is 4.90 Å². The van der Waals surface area contributed by atoms with Gasteiger partial charge in [0.1, 0.15) is 11.5 Å². The number of carbonyl (C=O) groups excluding carboxylic acids is 2. The van der Waals surface area contributed by atoms with E-state index in [9.17, 15) is 14.7 Å². The van der Waals surface area contributed by atoms with E-state index in [-0.39, 0.29) is 11.3 Å². The van der Waals surface area contributed by atoms with Crippen LogP contribution >= 0.6 is 23.2 Å². The molecule has 36 heavy (non-hydrogen) atoms. The maximum absolute atomic E-state index is 13.3. The molecule has 1 aliphatic rings. The Morgan fingerprint density at radius 2 is 1.67 bits per heavy atom. The highest BCUT2D eigenvalue weighted by Crippen LogP contribution is 2.43. The Balaban J connectivity index is 1.86. The van der Waals surface area contributed by atoms with Crippen molar-refractivity contribution in [1.82, 2.24) is 0 Å². The first-order valence-corrected chi connectivity index (χ1v) is 12.4. The molecule has 1 aliphatic heterocycles. The molecule has 1 fully saturated rings. The number of aliphatic hydroxyl groups is 1. The number of ether oxygens (including phenoxy) is 1. The van der Waals surface area contributed by atoms with Gasteiger partial charge in [-0.1, -0.05) is 55.2 Å². The molecule has 0 saturated carbocycles. The highest BCUT2D eigenvalue weighted by Gasteiger charge is 2.47. The van der Waals surface area contributed by atoms with Crippen molar-refractivity contribution in [2.75, 3.05) is 11.5 Å². The molecular weight excluding hydrogens is 497 g/mol. The summed E-state index contributed by atoms with van der Waals surface area (Å²) in [5.74, 6) is -0.716. The van der Waals surface area contributed by atoms with Gasteiger partial charge in [0.2, 0.25) is 0 Å². The lowest BCUT2D eigenvalue weighted by molar-refractivity contribution is -0.132. The van der Waals surface area contributed by atoms with E-state index in [2.05, 4.69) is 13.8 Å². The summed E-state index contributed by atoms with van der Waals surface area (Å²) in [5.41, 5.74) is 3.15. The highest BCUT2D eigenvalue weighted by molar-refractivity contribution is 6.51. The normalized spacial score (nSPS) is 17.2. The predicted molar refractivity (Wildman–Crippen MR) is 144 cm³/mol. The van der Waals surface area contributed by atoms with Crippen molar-refractivity contribution >= 4 is 46.3 Å². The van der Waals surface area contributed by atoms with Crippen LogP contribution in [-0.2, 0) is 9.59 Å². The fraction of sp³-hybridized carbons (Fsp3) is 0.241. The van der Waals surface area contributed by atoms with Gasteiger partial charge in [-0.25, -0.2) is 0 Å². The molecule has 1 saturated heterocycles. The molecule has 0 aliphatic carbocycles. The summed E-state index contributed by atoms with van der Waals surface area (Å²) in [7, 11) is 0. The highest BCUT2D eigenvalue weighted by atomic mass is 35.5. The molecular formula is C29H27Cl2NO4. The van der Waals surface area contributed by atoms with Crippen LogP contribution in [0.3, 0.4) is 0 Å². The summed E-state index contributed by atoms with van der Waals surface area (Å²) in [6, 6.07) is 16.4. The Morgan fingerprint density at radius 1 is 0.972 bits per heavy atom. The number of anilines is 1. The summed E-state index contributed by atoms with van der Waals surface area (Å²) in [4.78, 5) is 28.0. The summed E-state index contributed by atoms with van der Waals surface area (Å²) in [6.45, 7) is 8.41. The van der Waals surface area contributed by atoms with E-state index in [4.69, 9.17) is 27.9 Å². The quantitative estimate of drug-likeness (QED) is 0.209. The van der Waals surface area contributed by atoms with Gasteiger partial charge in [-0.15, -0.1) is 0 Å². The summed E-state index contributed by atoms with van der Waals surface area (Å²) >= 11 is 12.5. The van der Waals surface area contributed by atoms with Crippen LogP contribution in [0.4, 0.5) is 5.69 Å². The first-order valence-electron chi connectivity index (χ1n) is 11.6. The molecule has 1 heterocycles. The van der Waals surface area contributed by atoms with Gasteiger partial charge < -0.3 is 9.84 Å². The number of halogens is 2. The molecule has 1 atom stereocenters. The molecule has 5 nitrogen and oxygen atoms in total. The lowest BCUT2D eigenvalue weighted by Gasteiger charge is -2.26. The second-order valence-corrected chi connectivity index (χ2v) is 10.2. The number of carbonyl (C=O) groups is 2. The lowest BCUT2D eigenvalue weighted by atomic mass is 9.94. The van der Waals surface area contributed by atoms with E-state index in [0.29, 0.717) is 45.1 Å². The molecule has 7 heteroatoms. The van der Waals surface area contributed by atoms with Crippen molar-refractivity contribution in [2.45, 2.75) is 33.7 Å². The Labute approximate surface area is 220 Å². The average molecular weight is 524 g/mol. The standard InChI is InChI=1S/C29H27Cl2NO4/c1-16(2)15-36-24-12-8-20(13-18(24)4)27(33)25-26(19-6-9-21(30)10-7-19)32(29(35)28(25)34)22-11-5-17(3)23(31)14-22/h5-14,16,26,33H,15H2,1-4H3/b27-25+. The van der Waals surface area contributed by atoms with Crippen molar-refractivity contribution in [3.8, 4) is 5.75 Å². The third kappa shape index (κ3) is 4.99. The number of Topliss-reactive ketones (excluding diaryl/α,β-unsaturated/α-hetero) is 1. The van der Waals surface area contributed by atoms with Crippen molar-refractivity contribution in [1.29, 1.82) is 0 Å². The van der Waals surface area contributed by atoms with Gasteiger partial charge in [0.05, 0.1) is 18.2 Å². The lowest BCUT2D eigenvalue weighted by Crippen LogP contribution is -2.29. The molecule has 4 rings (SSSR count). The SMILES string of the molecule is Cc1ccc(N2C(=O)C(=O)/C(=C(/O)c3ccc(OCC(C)C)c(C)c3)C2c2ccc(Cl)cc2)cc1Cl. The zero-order valence-electron chi connectivity index (χ0n) is 20.5. The largest absolute Gasteiger partial charge is 0.507 e. The van der Waals surface area contributed by atoms with Crippen LogP contribution in [0.15, 0.2) is 66.2 Å². The van der Waals surface area contributed by atoms with E-state index < -0.39 is 17.7 Å². The number of amides is 1. The molecule has 0 radical (unpaired) electrons. The van der Waals surface area contributed by atoms with Crippen LogP contribution in [0.5, 0.6) is 5.75 Å². The number of aryl methyl sites for hydroxylation is 2. The van der Waals surface area contributed by atoms with Gasteiger partial charge in [-0.3, -0.25) is 14.5 Å². The van der Waals surface area contributed by atoms with Crippen LogP contribution < -0.4 is 9.64 Å². The van der Waals surface area contributed by atoms with E-state index in [0.717, 1.165) is 11.1 Å². The van der Waals surface area contributed by atoms with Crippen LogP contribution in [0.2, 0.25) is 10.0 Å². The smallest absolute Gasteiger partial charge is 0.300 e. The first-order chi connectivity index (χ1) is 17.1. The summed E-state index contributed by atoms with van der Waals surface area (Å²) in [6.07, 6.45) is 0. The number of benzene rings is 3. The molecule has 0 bridgehead atoms. The minimum absolute atomic E-state index is 0.00531. The van der Waals surface area contributed by atoms with Crippen molar-refractivity contribution in [3.05, 3.63) is 98.5 Å². The number of hydrogen-bond donors (Lipinski definition) is 1. The Hall–Kier alpha value is -3.28. The fourth-order valence-corrected chi connectivity index (χ4v) is 4.46. The van der Waals surface area contributed by atoms with Gasteiger partial charge in [-0.05, 0) is 78.9 Å². The number of aliphatic hydroxyl groups excluding tert-OH is 1. The van der Waals surface area contributed by atoms with Gasteiger partial charge in [0, 0.05) is 21.3 Å². The Kier molecular flexibility index (Phi) is 7.43. The fourth-order valence-electron chi connectivity index (χ4n) is 4.16. The predicted octanol–water partition coefficient (Wildman–Crippen LogP) is 7.27. The van der Waals surface area contributed by atoms with Crippen molar-refractivity contribution in [2.24, 2.45) is 5.92 Å². The number of nitrogens with zero attached hydrogens (tertiary/aromatic N) is 1. The van der Waals surface area contributed by atoms with Crippen LogP contribution in [-0.4, -0.2) is 23.4 Å². The molecule has 0 aromatic heterocycles. The third-order valence-electron chi connectivity index (χ3n) is 6.08. The number of hydrogen-bond acceptors (Lipinski definition) is 4. The Bertz CT molecular complexity index is 1360. The zero-order valence-corrected chi connectivity index (χ0v) is 22.0. The molecule has 3 aromatic rings. The third-order valence-corrected chi connectivity index (χ3v) is 6.74. The van der Waals surface area contributed by atoms with Gasteiger partial charge in [0.15, 0.2) is 0 Å². The molecule has 186 valence electrons. The molecule has 1 unspecified atom stereocenters. The number of ketones is 1. The van der Waals surface area contributed by atoms with Crippen LogP contribution in [0, 0.1) is 19.8 Å². The van der Waals surface area contributed by atoms with Gasteiger partial charge >= 0.3 is 0 Å². The maximum atomic E-state index is 13.3. The van der Waals surface area contributed by atoms with E-state index in [1.807, 2.05) is 13.8 Å². The minimum atomic E-state index is -0.863.